The number of aromatic nitrogens is 4. The third kappa shape index (κ3) is 5.42. The molecule has 9 nitrogen and oxygen atoms in total. The number of rotatable bonds is 8. The number of fused-ring (bicyclic) bond motifs is 1. The number of anilines is 1. The van der Waals surface area contributed by atoms with Crippen molar-refractivity contribution in [3.8, 4) is 22.8 Å². The Morgan fingerprint density at radius 1 is 1.05 bits per heavy atom. The van der Waals surface area contributed by atoms with Crippen LogP contribution in [0.4, 0.5) is 5.82 Å². The summed E-state index contributed by atoms with van der Waals surface area (Å²) in [6.45, 7) is 2.11. The van der Waals surface area contributed by atoms with Crippen molar-refractivity contribution in [1.82, 2.24) is 29.5 Å². The number of piperidine rings is 1. The molecule has 0 bridgehead atoms. The van der Waals surface area contributed by atoms with Crippen molar-refractivity contribution in [1.29, 1.82) is 0 Å². The molecule has 2 aromatic carbocycles. The molecular formula is C31H35N7O2. The van der Waals surface area contributed by atoms with Gasteiger partial charge in [-0.05, 0) is 69.1 Å². The summed E-state index contributed by atoms with van der Waals surface area (Å²) in [6.07, 6.45) is 10.8. The van der Waals surface area contributed by atoms with Gasteiger partial charge in [0.2, 0.25) is 5.91 Å². The number of benzene rings is 2. The fraction of sp³-hybridized carbons (Fsp3) is 0.355. The summed E-state index contributed by atoms with van der Waals surface area (Å²) >= 11 is 0. The molecular weight excluding hydrogens is 502 g/mol. The Balaban J connectivity index is 1.21. The first kappa shape index (κ1) is 26.0. The van der Waals surface area contributed by atoms with Gasteiger partial charge in [-0.15, -0.1) is 0 Å². The molecule has 1 aliphatic heterocycles. The van der Waals surface area contributed by atoms with Crippen LogP contribution in [0, 0.1) is 0 Å². The first-order valence-corrected chi connectivity index (χ1v) is 14.0. The maximum Gasteiger partial charge on any atom is 0.246 e. The molecule has 4 aromatic rings. The number of nitrogens with zero attached hydrogens (tertiary/aromatic N) is 6. The average Bonchev–Trinajstić information content (AvgIpc) is 3.34. The number of amides is 1. The zero-order valence-electron chi connectivity index (χ0n) is 22.8. The third-order valence-corrected chi connectivity index (χ3v) is 8.03. The minimum absolute atomic E-state index is 0.00464. The Labute approximate surface area is 234 Å². The summed E-state index contributed by atoms with van der Waals surface area (Å²) in [7, 11) is 2.13. The molecule has 40 heavy (non-hydrogen) atoms. The van der Waals surface area contributed by atoms with Crippen LogP contribution in [-0.2, 0) is 4.79 Å². The maximum absolute atomic E-state index is 13.1. The smallest absolute Gasteiger partial charge is 0.246 e. The highest BCUT2D eigenvalue weighted by Gasteiger charge is 2.28. The van der Waals surface area contributed by atoms with E-state index >= 15 is 0 Å². The normalized spacial score (nSPS) is 17.9. The van der Waals surface area contributed by atoms with Crippen molar-refractivity contribution >= 4 is 22.8 Å². The largest absolute Gasteiger partial charge is 0.457 e. The second-order valence-electron chi connectivity index (χ2n) is 10.7. The van der Waals surface area contributed by atoms with Crippen LogP contribution in [0.5, 0.6) is 11.5 Å². The van der Waals surface area contributed by atoms with E-state index in [9.17, 15) is 4.79 Å². The lowest BCUT2D eigenvalue weighted by atomic mass is 9.92. The zero-order valence-corrected chi connectivity index (χ0v) is 22.8. The van der Waals surface area contributed by atoms with E-state index in [-0.39, 0.29) is 11.9 Å². The highest BCUT2D eigenvalue weighted by molar-refractivity contribution is 5.98. The molecule has 2 aromatic heterocycles. The average molecular weight is 538 g/mol. The summed E-state index contributed by atoms with van der Waals surface area (Å²) in [5.41, 5.74) is 8.66. The number of nitrogen functional groups attached to an aromatic ring is 1. The van der Waals surface area contributed by atoms with E-state index in [4.69, 9.17) is 15.6 Å². The SMILES string of the molecule is CN(CC=CC(=O)N1CCCC(n2nc(-c3ccc(Oc4ccccc4)cc3)c3c(N)ncnc32)C1)C1CCC1. The molecule has 2 N–H and O–H groups in total. The third-order valence-electron chi connectivity index (χ3n) is 8.03. The van der Waals surface area contributed by atoms with Gasteiger partial charge in [0.15, 0.2) is 5.65 Å². The molecule has 3 heterocycles. The summed E-state index contributed by atoms with van der Waals surface area (Å²) < 4.78 is 7.89. The van der Waals surface area contributed by atoms with Gasteiger partial charge in [-0.1, -0.05) is 30.7 Å². The van der Waals surface area contributed by atoms with Gasteiger partial charge in [-0.2, -0.15) is 5.10 Å². The molecule has 1 saturated carbocycles. The van der Waals surface area contributed by atoms with E-state index in [0.717, 1.165) is 54.1 Å². The summed E-state index contributed by atoms with van der Waals surface area (Å²) in [5.74, 6) is 1.94. The van der Waals surface area contributed by atoms with Crippen molar-refractivity contribution in [3.63, 3.8) is 0 Å². The molecule has 1 aliphatic carbocycles. The van der Waals surface area contributed by atoms with E-state index < -0.39 is 0 Å². The molecule has 1 atom stereocenters. The fourth-order valence-electron chi connectivity index (χ4n) is 5.51. The van der Waals surface area contributed by atoms with Crippen LogP contribution in [0.3, 0.4) is 0 Å². The molecule has 206 valence electrons. The van der Waals surface area contributed by atoms with E-state index in [2.05, 4.69) is 21.9 Å². The highest BCUT2D eigenvalue weighted by Crippen LogP contribution is 2.35. The fourth-order valence-corrected chi connectivity index (χ4v) is 5.51. The lowest BCUT2D eigenvalue weighted by molar-refractivity contribution is -0.127. The molecule has 6 rings (SSSR count). The Kier molecular flexibility index (Phi) is 7.46. The van der Waals surface area contributed by atoms with Gasteiger partial charge in [0.05, 0.1) is 11.4 Å². The first-order valence-electron chi connectivity index (χ1n) is 14.0. The Hall–Kier alpha value is -4.24. The first-order chi connectivity index (χ1) is 19.6. The highest BCUT2D eigenvalue weighted by atomic mass is 16.5. The van der Waals surface area contributed by atoms with Gasteiger partial charge in [0.1, 0.15) is 29.3 Å². The summed E-state index contributed by atoms with van der Waals surface area (Å²) in [6, 6.07) is 18.1. The molecule has 0 radical (unpaired) electrons. The minimum atomic E-state index is -0.00464. The number of carbonyl (C=O) groups is 1. The van der Waals surface area contributed by atoms with Crippen LogP contribution < -0.4 is 10.5 Å². The standard InChI is InChI=1S/C31H35N7O2/c1-36(23-8-5-9-23)18-7-13-27(39)37-19-6-10-24(20-37)38-31-28(30(32)33-21-34-31)29(35-38)22-14-16-26(17-15-22)40-25-11-3-2-4-12-25/h2-4,7,11-17,21,23-24H,5-6,8-10,18-20H2,1H3,(H2,32,33,34). The van der Waals surface area contributed by atoms with Crippen LogP contribution in [0.2, 0.25) is 0 Å². The molecule has 0 spiro atoms. The number of para-hydroxylation sites is 1. The molecule has 9 heteroatoms. The van der Waals surface area contributed by atoms with Gasteiger partial charge in [0.25, 0.3) is 0 Å². The van der Waals surface area contributed by atoms with Crippen molar-refractivity contribution in [2.45, 2.75) is 44.2 Å². The van der Waals surface area contributed by atoms with Crippen LogP contribution in [0.1, 0.15) is 38.1 Å². The van der Waals surface area contributed by atoms with Crippen molar-refractivity contribution < 1.29 is 9.53 Å². The number of ether oxygens (including phenoxy) is 1. The minimum Gasteiger partial charge on any atom is -0.457 e. The van der Waals surface area contributed by atoms with Gasteiger partial charge in [0, 0.05) is 37.3 Å². The summed E-state index contributed by atoms with van der Waals surface area (Å²) in [4.78, 5) is 26.1. The predicted octanol–water partition coefficient (Wildman–Crippen LogP) is 5.07. The van der Waals surface area contributed by atoms with Gasteiger partial charge < -0.3 is 15.4 Å². The Bertz CT molecular complexity index is 1500. The zero-order chi connectivity index (χ0) is 27.5. The lowest BCUT2D eigenvalue weighted by Crippen LogP contribution is -2.40. The van der Waals surface area contributed by atoms with Crippen molar-refractivity contribution in [2.75, 3.05) is 32.4 Å². The summed E-state index contributed by atoms with van der Waals surface area (Å²) in [5, 5.41) is 5.73. The van der Waals surface area contributed by atoms with Crippen LogP contribution in [-0.4, -0.2) is 68.2 Å². The number of hydrogen-bond acceptors (Lipinski definition) is 7. The van der Waals surface area contributed by atoms with Gasteiger partial charge in [-0.3, -0.25) is 9.69 Å². The van der Waals surface area contributed by atoms with Crippen molar-refractivity contribution in [2.24, 2.45) is 0 Å². The Morgan fingerprint density at radius 2 is 1.82 bits per heavy atom. The molecule has 1 saturated heterocycles. The second kappa shape index (κ2) is 11.5. The van der Waals surface area contributed by atoms with Crippen LogP contribution in [0.15, 0.2) is 73.1 Å². The quantitative estimate of drug-likeness (QED) is 0.313. The van der Waals surface area contributed by atoms with E-state index in [1.54, 1.807) is 6.08 Å². The number of hydrogen-bond donors (Lipinski definition) is 1. The van der Waals surface area contributed by atoms with E-state index in [1.165, 1.54) is 25.6 Å². The van der Waals surface area contributed by atoms with Crippen LogP contribution >= 0.6 is 0 Å². The molecule has 2 fully saturated rings. The van der Waals surface area contributed by atoms with E-state index in [0.29, 0.717) is 24.1 Å². The molecule has 2 aliphatic rings. The number of likely N-dealkylation sites (N-methyl/N-ethyl adjacent to an activating group) is 1. The Morgan fingerprint density at radius 3 is 2.58 bits per heavy atom. The molecule has 1 unspecified atom stereocenters. The van der Waals surface area contributed by atoms with Crippen molar-refractivity contribution in [3.05, 3.63) is 73.1 Å². The number of carbonyl (C=O) groups excluding carboxylic acids is 1. The predicted molar refractivity (Wildman–Crippen MR) is 156 cm³/mol. The topological polar surface area (TPSA) is 102 Å². The van der Waals surface area contributed by atoms with Gasteiger partial charge in [-0.25, -0.2) is 14.6 Å². The van der Waals surface area contributed by atoms with E-state index in [1.807, 2.05) is 70.3 Å². The number of likely N-dealkylation sites (tertiary alicyclic amines) is 1. The second-order valence-corrected chi connectivity index (χ2v) is 10.7. The number of nitrogens with two attached hydrogens (primary N) is 1. The maximum atomic E-state index is 13.1. The lowest BCUT2D eigenvalue weighted by Gasteiger charge is -2.34. The monoisotopic (exact) mass is 537 g/mol. The van der Waals surface area contributed by atoms with Crippen LogP contribution in [0.25, 0.3) is 22.3 Å². The van der Waals surface area contributed by atoms with Gasteiger partial charge >= 0.3 is 0 Å². The molecule has 1 amide bonds.